The molecule has 0 saturated heterocycles. The van der Waals surface area contributed by atoms with Gasteiger partial charge in [-0.3, -0.25) is 4.99 Å². The van der Waals surface area contributed by atoms with E-state index in [0.29, 0.717) is 0 Å². The van der Waals surface area contributed by atoms with Crippen molar-refractivity contribution >= 4 is 6.21 Å². The Morgan fingerprint density at radius 2 is 2.19 bits per heavy atom. The maximum Gasteiger partial charge on any atom is 0.0444 e. The third kappa shape index (κ3) is 5.14. The van der Waals surface area contributed by atoms with Gasteiger partial charge in [0.2, 0.25) is 0 Å². The van der Waals surface area contributed by atoms with Crippen LogP contribution in [-0.2, 0) is 0 Å². The Bertz CT molecular complexity index is 306. The molecule has 1 unspecified atom stereocenters. The van der Waals surface area contributed by atoms with Gasteiger partial charge in [-0.05, 0) is 25.3 Å². The molecule has 0 aromatic rings. The van der Waals surface area contributed by atoms with Crippen molar-refractivity contribution in [2.75, 3.05) is 0 Å². The van der Waals surface area contributed by atoms with Crippen molar-refractivity contribution in [2.45, 2.75) is 57.4 Å². The van der Waals surface area contributed by atoms with Crippen molar-refractivity contribution in [3.05, 3.63) is 12.3 Å². The Kier molecular flexibility index (Phi) is 5.88. The van der Waals surface area contributed by atoms with E-state index in [1.54, 1.807) is 0 Å². The van der Waals surface area contributed by atoms with E-state index in [1.165, 1.54) is 19.3 Å². The monoisotopic (exact) mass is 218 g/mol. The normalized spacial score (nSPS) is 31.1. The van der Waals surface area contributed by atoms with Crippen LogP contribution in [0, 0.1) is 11.8 Å². The summed E-state index contributed by atoms with van der Waals surface area (Å²) in [6, 6.07) is 0. The van der Waals surface area contributed by atoms with Gasteiger partial charge >= 0.3 is 0 Å². The second-order valence-electron chi connectivity index (χ2n) is 4.35. The fourth-order valence-electron chi connectivity index (χ4n) is 1.73. The van der Waals surface area contributed by atoms with Gasteiger partial charge in [0, 0.05) is 30.8 Å². The smallest absolute Gasteiger partial charge is 0.0444 e. The highest BCUT2D eigenvalue weighted by Gasteiger charge is 2.17. The third-order valence-corrected chi connectivity index (χ3v) is 3.02. The molecule has 2 N–H and O–H groups in total. The molecule has 0 spiro atoms. The van der Waals surface area contributed by atoms with Crippen molar-refractivity contribution in [3.8, 4) is 11.8 Å². The number of nitrogens with two attached hydrogens (primary N) is 1. The lowest BCUT2D eigenvalue weighted by molar-refractivity contribution is 0.442. The third-order valence-electron chi connectivity index (χ3n) is 3.02. The van der Waals surface area contributed by atoms with Gasteiger partial charge in [0.25, 0.3) is 0 Å². The maximum atomic E-state index is 6.29. The molecule has 1 heterocycles. The Morgan fingerprint density at radius 3 is 3.00 bits per heavy atom. The molecule has 0 radical (unpaired) electrons. The number of hydrogen-bond donors (Lipinski definition) is 1. The molecule has 16 heavy (non-hydrogen) atoms. The van der Waals surface area contributed by atoms with Crippen LogP contribution in [0.15, 0.2) is 17.3 Å². The highest BCUT2D eigenvalue weighted by molar-refractivity contribution is 5.61. The summed E-state index contributed by atoms with van der Waals surface area (Å²) in [6.07, 6.45) is 13.1. The van der Waals surface area contributed by atoms with Crippen LogP contribution >= 0.6 is 0 Å². The summed E-state index contributed by atoms with van der Waals surface area (Å²) >= 11 is 0. The van der Waals surface area contributed by atoms with Crippen LogP contribution in [-0.4, -0.2) is 11.8 Å². The average Bonchev–Trinajstić information content (AvgIpc) is 2.31. The van der Waals surface area contributed by atoms with Gasteiger partial charge in [0.05, 0.1) is 0 Å². The van der Waals surface area contributed by atoms with E-state index in [0.717, 1.165) is 25.7 Å². The van der Waals surface area contributed by atoms with Crippen LogP contribution in [0.5, 0.6) is 0 Å². The molecule has 0 aromatic heterocycles. The Morgan fingerprint density at radius 1 is 1.31 bits per heavy atom. The molecule has 1 aliphatic heterocycles. The van der Waals surface area contributed by atoms with Gasteiger partial charge in [0.15, 0.2) is 0 Å². The summed E-state index contributed by atoms with van der Waals surface area (Å²) in [5, 5.41) is 0. The minimum atomic E-state index is -0.174. The van der Waals surface area contributed by atoms with Crippen molar-refractivity contribution in [3.63, 3.8) is 0 Å². The number of rotatable bonds is 1. The zero-order chi connectivity index (χ0) is 11.7. The predicted molar refractivity (Wildman–Crippen MR) is 70.3 cm³/mol. The summed E-state index contributed by atoms with van der Waals surface area (Å²) in [5.41, 5.74) is 6.11. The summed E-state index contributed by atoms with van der Waals surface area (Å²) in [7, 11) is 0. The van der Waals surface area contributed by atoms with Gasteiger partial charge in [-0.1, -0.05) is 25.7 Å². The summed E-state index contributed by atoms with van der Waals surface area (Å²) < 4.78 is 0. The lowest BCUT2D eigenvalue weighted by Gasteiger charge is -2.23. The molecule has 0 amide bonds. The Balaban J connectivity index is 2.61. The molecular weight excluding hydrogens is 196 g/mol. The summed E-state index contributed by atoms with van der Waals surface area (Å²) in [5.74, 6) is 6.26. The molecule has 88 valence electrons. The van der Waals surface area contributed by atoms with E-state index in [9.17, 15) is 0 Å². The van der Waals surface area contributed by atoms with E-state index >= 15 is 0 Å². The Hall–Kier alpha value is -1.07. The number of nitrogens with zero attached hydrogens (tertiary/aromatic N) is 1. The SMILES string of the molecule is CCC1(N)/C=C\N=C/CC#CCCCCC1. The Labute approximate surface area is 99.0 Å². The van der Waals surface area contributed by atoms with Crippen molar-refractivity contribution < 1.29 is 0 Å². The molecule has 0 aromatic carbocycles. The highest BCUT2D eigenvalue weighted by atomic mass is 14.7. The predicted octanol–water partition coefficient (Wildman–Crippen LogP) is 3.04. The molecule has 2 heteroatoms. The van der Waals surface area contributed by atoms with Crippen molar-refractivity contribution in [2.24, 2.45) is 10.7 Å². The second-order valence-corrected chi connectivity index (χ2v) is 4.35. The van der Waals surface area contributed by atoms with Gasteiger partial charge in [0.1, 0.15) is 0 Å². The van der Waals surface area contributed by atoms with E-state index in [4.69, 9.17) is 5.73 Å². The van der Waals surface area contributed by atoms with E-state index in [2.05, 4.69) is 23.8 Å². The second kappa shape index (κ2) is 7.24. The van der Waals surface area contributed by atoms with E-state index in [-0.39, 0.29) is 5.54 Å². The van der Waals surface area contributed by atoms with Crippen LogP contribution in [0.2, 0.25) is 0 Å². The zero-order valence-electron chi connectivity index (χ0n) is 10.2. The zero-order valence-corrected chi connectivity index (χ0v) is 10.2. The molecule has 2 nitrogen and oxygen atoms in total. The quantitative estimate of drug-likeness (QED) is 0.675. The van der Waals surface area contributed by atoms with E-state index < -0.39 is 0 Å². The van der Waals surface area contributed by atoms with Crippen LogP contribution in [0.1, 0.15) is 51.9 Å². The molecule has 1 atom stereocenters. The van der Waals surface area contributed by atoms with Gasteiger partial charge in [-0.15, -0.1) is 5.92 Å². The largest absolute Gasteiger partial charge is 0.322 e. The van der Waals surface area contributed by atoms with Crippen LogP contribution < -0.4 is 5.73 Å². The van der Waals surface area contributed by atoms with Crippen LogP contribution in [0.3, 0.4) is 0 Å². The summed E-state index contributed by atoms with van der Waals surface area (Å²) in [6.45, 7) is 2.13. The molecule has 1 rings (SSSR count). The summed E-state index contributed by atoms with van der Waals surface area (Å²) in [4.78, 5) is 4.19. The lowest BCUT2D eigenvalue weighted by atomic mass is 9.90. The first-order valence-corrected chi connectivity index (χ1v) is 6.21. The minimum Gasteiger partial charge on any atom is -0.322 e. The molecule has 0 aliphatic carbocycles. The first-order valence-electron chi connectivity index (χ1n) is 6.21. The van der Waals surface area contributed by atoms with Gasteiger partial charge < -0.3 is 5.73 Å². The highest BCUT2D eigenvalue weighted by Crippen LogP contribution is 2.18. The minimum absolute atomic E-state index is 0.174. The molecule has 0 bridgehead atoms. The van der Waals surface area contributed by atoms with Crippen molar-refractivity contribution in [1.29, 1.82) is 0 Å². The molecular formula is C14H22N2. The fourth-order valence-corrected chi connectivity index (χ4v) is 1.73. The first kappa shape index (κ1) is 13.0. The molecule has 0 fully saturated rings. The fraction of sp³-hybridized carbons (Fsp3) is 0.643. The standard InChI is InChI=1S/C14H22N2/c1-2-14(15)10-8-6-4-3-5-7-9-12-16-13-11-14/h11-13H,2-4,6,8-10,15H2,1H3/b13-11-,16-12-. The average molecular weight is 218 g/mol. The van der Waals surface area contributed by atoms with Gasteiger partial charge in [-0.2, -0.15) is 0 Å². The van der Waals surface area contributed by atoms with Crippen LogP contribution in [0.25, 0.3) is 0 Å². The van der Waals surface area contributed by atoms with Crippen LogP contribution in [0.4, 0.5) is 0 Å². The molecule has 0 saturated carbocycles. The van der Waals surface area contributed by atoms with Gasteiger partial charge in [-0.25, -0.2) is 0 Å². The first-order chi connectivity index (χ1) is 7.77. The van der Waals surface area contributed by atoms with Crippen molar-refractivity contribution in [1.82, 2.24) is 0 Å². The number of aliphatic imine (C=N–C) groups is 1. The maximum absolute atomic E-state index is 6.29. The number of hydrogen-bond acceptors (Lipinski definition) is 2. The topological polar surface area (TPSA) is 38.4 Å². The van der Waals surface area contributed by atoms with E-state index in [1.807, 2.05) is 18.5 Å². The molecule has 1 aliphatic rings. The lowest BCUT2D eigenvalue weighted by Crippen LogP contribution is -2.36.